The van der Waals surface area contributed by atoms with Gasteiger partial charge in [0.05, 0.1) is 0 Å². The lowest BCUT2D eigenvalue weighted by molar-refractivity contribution is 0.0622. The molecule has 1 aromatic carbocycles. The number of hydrogen-bond acceptors (Lipinski definition) is 3. The van der Waals surface area contributed by atoms with E-state index in [1.807, 2.05) is 7.05 Å². The molecule has 2 atom stereocenters. The van der Waals surface area contributed by atoms with Crippen LogP contribution >= 0.6 is 0 Å². The molecule has 19 heavy (non-hydrogen) atoms. The second-order valence-corrected chi connectivity index (χ2v) is 5.44. The summed E-state index contributed by atoms with van der Waals surface area (Å²) in [5.74, 6) is 1.08. The van der Waals surface area contributed by atoms with Crippen molar-refractivity contribution < 1.29 is 14.2 Å². The summed E-state index contributed by atoms with van der Waals surface area (Å²) in [6.45, 7) is 3.03. The monoisotopic (exact) mass is 267 g/mol. The number of nitrogens with zero attached hydrogens (tertiary/aromatic N) is 1. The molecule has 1 aliphatic rings. The van der Waals surface area contributed by atoms with Crippen molar-refractivity contribution in [3.8, 4) is 5.75 Å². The topological polar surface area (TPSA) is 32.7 Å². The molecular weight excluding hydrogens is 245 g/mol. The Morgan fingerprint density at radius 1 is 1.37 bits per heavy atom. The number of rotatable bonds is 7. The van der Waals surface area contributed by atoms with E-state index in [0.717, 1.165) is 5.92 Å². The zero-order chi connectivity index (χ0) is 13.8. The van der Waals surface area contributed by atoms with Crippen LogP contribution in [-0.4, -0.2) is 42.4 Å². The van der Waals surface area contributed by atoms with E-state index in [9.17, 15) is 9.50 Å². The van der Waals surface area contributed by atoms with Gasteiger partial charge in [-0.25, -0.2) is 4.39 Å². The Morgan fingerprint density at radius 2 is 2.00 bits per heavy atom. The average Bonchev–Trinajstić information content (AvgIpc) is 3.21. The summed E-state index contributed by atoms with van der Waals surface area (Å²) >= 11 is 0. The fourth-order valence-corrected chi connectivity index (χ4v) is 2.21. The molecular formula is C15H22FNO2. The molecule has 0 radical (unpaired) electrons. The van der Waals surface area contributed by atoms with E-state index < -0.39 is 6.10 Å². The maximum absolute atomic E-state index is 12.7. The molecule has 1 fully saturated rings. The minimum Gasteiger partial charge on any atom is -0.491 e. The van der Waals surface area contributed by atoms with E-state index in [0.29, 0.717) is 18.3 Å². The third-order valence-corrected chi connectivity index (χ3v) is 3.75. The fraction of sp³-hybridized carbons (Fsp3) is 0.600. The van der Waals surface area contributed by atoms with Gasteiger partial charge in [-0.2, -0.15) is 0 Å². The van der Waals surface area contributed by atoms with Crippen LogP contribution in [0.5, 0.6) is 5.75 Å². The molecule has 1 aromatic rings. The van der Waals surface area contributed by atoms with Crippen molar-refractivity contribution in [3.63, 3.8) is 0 Å². The normalized spacial score (nSPS) is 18.4. The highest BCUT2D eigenvalue weighted by Gasteiger charge is 2.30. The molecule has 0 spiro atoms. The first-order valence-corrected chi connectivity index (χ1v) is 6.83. The van der Waals surface area contributed by atoms with E-state index in [4.69, 9.17) is 4.74 Å². The Hall–Kier alpha value is -1.13. The maximum atomic E-state index is 12.7. The molecule has 3 nitrogen and oxygen atoms in total. The molecule has 106 valence electrons. The van der Waals surface area contributed by atoms with Gasteiger partial charge in [0.2, 0.25) is 0 Å². The molecule has 0 amide bonds. The smallest absolute Gasteiger partial charge is 0.123 e. The molecule has 0 aliphatic heterocycles. The lowest BCUT2D eigenvalue weighted by Crippen LogP contribution is -2.39. The molecule has 0 unspecified atom stereocenters. The highest BCUT2D eigenvalue weighted by Crippen LogP contribution is 2.34. The third-order valence-electron chi connectivity index (χ3n) is 3.75. The van der Waals surface area contributed by atoms with Gasteiger partial charge in [-0.3, -0.25) is 0 Å². The second kappa shape index (κ2) is 6.35. The Kier molecular flexibility index (Phi) is 4.77. The number of benzene rings is 1. The van der Waals surface area contributed by atoms with Gasteiger partial charge >= 0.3 is 0 Å². The molecule has 0 saturated heterocycles. The molecule has 1 N–H and O–H groups in total. The first-order chi connectivity index (χ1) is 9.06. The number of likely N-dealkylation sites (N-methyl/N-ethyl adjacent to an activating group) is 1. The van der Waals surface area contributed by atoms with Crippen LogP contribution in [0.3, 0.4) is 0 Å². The predicted molar refractivity (Wildman–Crippen MR) is 72.7 cm³/mol. The van der Waals surface area contributed by atoms with Crippen LogP contribution in [0, 0.1) is 11.7 Å². The van der Waals surface area contributed by atoms with Crippen LogP contribution in [-0.2, 0) is 0 Å². The summed E-state index contributed by atoms with van der Waals surface area (Å²) in [5, 5.41) is 9.95. The van der Waals surface area contributed by atoms with Gasteiger partial charge in [0.1, 0.15) is 24.3 Å². The van der Waals surface area contributed by atoms with Gasteiger partial charge in [-0.05, 0) is 57.0 Å². The summed E-state index contributed by atoms with van der Waals surface area (Å²) in [5.41, 5.74) is 0. The Balaban J connectivity index is 1.71. The fourth-order valence-electron chi connectivity index (χ4n) is 2.21. The molecule has 0 bridgehead atoms. The van der Waals surface area contributed by atoms with Crippen molar-refractivity contribution in [2.24, 2.45) is 5.92 Å². The highest BCUT2D eigenvalue weighted by atomic mass is 19.1. The summed E-state index contributed by atoms with van der Waals surface area (Å²) < 4.78 is 18.2. The summed E-state index contributed by atoms with van der Waals surface area (Å²) in [4.78, 5) is 2.18. The van der Waals surface area contributed by atoms with E-state index in [2.05, 4.69) is 11.8 Å². The van der Waals surface area contributed by atoms with E-state index in [1.165, 1.54) is 25.0 Å². The van der Waals surface area contributed by atoms with Crippen molar-refractivity contribution in [3.05, 3.63) is 30.1 Å². The SMILES string of the molecule is C[C@H](C1CC1)N(C)C[C@H](O)COc1ccc(F)cc1. The summed E-state index contributed by atoms with van der Waals surface area (Å²) in [6.07, 6.45) is 2.07. The zero-order valence-corrected chi connectivity index (χ0v) is 11.6. The van der Waals surface area contributed by atoms with Crippen molar-refractivity contribution in [2.45, 2.75) is 31.9 Å². The number of hydrogen-bond donors (Lipinski definition) is 1. The van der Waals surface area contributed by atoms with Crippen molar-refractivity contribution >= 4 is 0 Å². The largest absolute Gasteiger partial charge is 0.491 e. The molecule has 2 rings (SSSR count). The quantitative estimate of drug-likeness (QED) is 0.823. The lowest BCUT2D eigenvalue weighted by Gasteiger charge is -2.26. The molecule has 0 aromatic heterocycles. The number of aliphatic hydroxyl groups is 1. The van der Waals surface area contributed by atoms with Crippen LogP contribution in [0.2, 0.25) is 0 Å². The van der Waals surface area contributed by atoms with Crippen molar-refractivity contribution in [1.29, 1.82) is 0 Å². The van der Waals surface area contributed by atoms with Crippen molar-refractivity contribution in [2.75, 3.05) is 20.2 Å². The van der Waals surface area contributed by atoms with E-state index in [-0.39, 0.29) is 12.4 Å². The van der Waals surface area contributed by atoms with Crippen LogP contribution in [0.4, 0.5) is 4.39 Å². The maximum Gasteiger partial charge on any atom is 0.123 e. The second-order valence-electron chi connectivity index (χ2n) is 5.44. The number of halogens is 1. The lowest BCUT2D eigenvalue weighted by atomic mass is 10.2. The standard InChI is InChI=1S/C15H22FNO2/c1-11(12-3-4-12)17(2)9-14(18)10-19-15-7-5-13(16)6-8-15/h5-8,11-12,14,18H,3-4,9-10H2,1-2H3/t11-,14+/m1/s1. The van der Waals surface area contributed by atoms with Gasteiger partial charge in [0.25, 0.3) is 0 Å². The van der Waals surface area contributed by atoms with Crippen LogP contribution < -0.4 is 4.74 Å². The first kappa shape index (κ1) is 14.3. The van der Waals surface area contributed by atoms with E-state index in [1.54, 1.807) is 12.1 Å². The van der Waals surface area contributed by atoms with Gasteiger partial charge in [-0.1, -0.05) is 0 Å². The van der Waals surface area contributed by atoms with Gasteiger partial charge in [-0.15, -0.1) is 0 Å². The number of aliphatic hydroxyl groups excluding tert-OH is 1. The Labute approximate surface area is 114 Å². The zero-order valence-electron chi connectivity index (χ0n) is 11.6. The number of ether oxygens (including phenoxy) is 1. The minimum atomic E-state index is -0.531. The van der Waals surface area contributed by atoms with E-state index >= 15 is 0 Å². The summed E-state index contributed by atoms with van der Waals surface area (Å²) in [6, 6.07) is 6.35. The Morgan fingerprint density at radius 3 is 2.58 bits per heavy atom. The predicted octanol–water partition coefficient (Wildman–Crippen LogP) is 2.30. The van der Waals surface area contributed by atoms with Crippen molar-refractivity contribution in [1.82, 2.24) is 4.90 Å². The molecule has 4 heteroatoms. The third kappa shape index (κ3) is 4.48. The van der Waals surface area contributed by atoms with Gasteiger partial charge < -0.3 is 14.7 Å². The van der Waals surface area contributed by atoms with Gasteiger partial charge in [0.15, 0.2) is 0 Å². The molecule has 1 saturated carbocycles. The first-order valence-electron chi connectivity index (χ1n) is 6.83. The van der Waals surface area contributed by atoms with Gasteiger partial charge in [0, 0.05) is 12.6 Å². The Bertz CT molecular complexity index is 392. The molecule has 0 heterocycles. The minimum absolute atomic E-state index is 0.230. The summed E-state index contributed by atoms with van der Waals surface area (Å²) in [7, 11) is 2.03. The van der Waals surface area contributed by atoms with Crippen LogP contribution in [0.25, 0.3) is 0 Å². The van der Waals surface area contributed by atoms with Crippen LogP contribution in [0.1, 0.15) is 19.8 Å². The average molecular weight is 267 g/mol. The highest BCUT2D eigenvalue weighted by molar-refractivity contribution is 5.22. The molecule has 1 aliphatic carbocycles. The van der Waals surface area contributed by atoms with Crippen LogP contribution in [0.15, 0.2) is 24.3 Å².